The van der Waals surface area contributed by atoms with Crippen LogP contribution in [0.4, 0.5) is 0 Å². The summed E-state index contributed by atoms with van der Waals surface area (Å²) in [4.78, 5) is 0.202. The van der Waals surface area contributed by atoms with Crippen molar-refractivity contribution in [3.8, 4) is 5.75 Å². The lowest BCUT2D eigenvalue weighted by molar-refractivity contribution is 0.401. The van der Waals surface area contributed by atoms with Crippen LogP contribution in [0.25, 0.3) is 0 Å². The van der Waals surface area contributed by atoms with Gasteiger partial charge in [-0.05, 0) is 49.8 Å². The van der Waals surface area contributed by atoms with Crippen LogP contribution in [-0.4, -0.2) is 28.1 Å². The highest BCUT2D eigenvalue weighted by molar-refractivity contribution is 7.89. The van der Waals surface area contributed by atoms with Gasteiger partial charge in [0, 0.05) is 12.6 Å². The second kappa shape index (κ2) is 6.96. The Balaban J connectivity index is 0.00000220. The zero-order valence-electron chi connectivity index (χ0n) is 12.5. The number of nitrogens with two attached hydrogens (primary N) is 1. The van der Waals surface area contributed by atoms with Gasteiger partial charge in [-0.3, -0.25) is 0 Å². The van der Waals surface area contributed by atoms with Gasteiger partial charge in [-0.25, -0.2) is 13.1 Å². The fraction of sp³-hybridized carbons (Fsp3) is 0.571. The Morgan fingerprint density at radius 2 is 2.00 bits per heavy atom. The van der Waals surface area contributed by atoms with Crippen LogP contribution in [0.15, 0.2) is 17.0 Å². The molecule has 0 heterocycles. The summed E-state index contributed by atoms with van der Waals surface area (Å²) in [6, 6.07) is 3.45. The molecule has 1 aromatic carbocycles. The Labute approximate surface area is 132 Å². The van der Waals surface area contributed by atoms with E-state index in [-0.39, 0.29) is 29.9 Å². The molecule has 0 spiro atoms. The van der Waals surface area contributed by atoms with Gasteiger partial charge in [0.15, 0.2) is 0 Å². The van der Waals surface area contributed by atoms with Crippen molar-refractivity contribution in [3.05, 3.63) is 23.3 Å². The van der Waals surface area contributed by atoms with Crippen molar-refractivity contribution in [2.24, 2.45) is 11.7 Å². The quantitative estimate of drug-likeness (QED) is 0.830. The van der Waals surface area contributed by atoms with E-state index in [9.17, 15) is 8.42 Å². The molecular formula is C14H23ClN2O3S. The summed E-state index contributed by atoms with van der Waals surface area (Å²) in [6.45, 7) is 3.94. The summed E-state index contributed by atoms with van der Waals surface area (Å²) in [5.74, 6) is 0.828. The monoisotopic (exact) mass is 334 g/mol. The van der Waals surface area contributed by atoms with E-state index >= 15 is 0 Å². The normalized spacial score (nSPS) is 16.2. The molecule has 0 aromatic heterocycles. The van der Waals surface area contributed by atoms with Gasteiger partial charge in [-0.2, -0.15) is 0 Å². The molecule has 7 heteroatoms. The number of hydrogen-bond donors (Lipinski definition) is 2. The van der Waals surface area contributed by atoms with Crippen LogP contribution in [-0.2, 0) is 10.0 Å². The highest BCUT2D eigenvalue weighted by Crippen LogP contribution is 2.32. The maximum atomic E-state index is 12.4. The minimum atomic E-state index is -3.61. The van der Waals surface area contributed by atoms with E-state index in [1.807, 2.05) is 13.0 Å². The molecule has 3 N–H and O–H groups in total. The molecule has 1 fully saturated rings. The van der Waals surface area contributed by atoms with Gasteiger partial charge >= 0.3 is 0 Å². The Morgan fingerprint density at radius 1 is 1.38 bits per heavy atom. The van der Waals surface area contributed by atoms with Crippen LogP contribution in [0.5, 0.6) is 5.75 Å². The van der Waals surface area contributed by atoms with Crippen molar-refractivity contribution < 1.29 is 13.2 Å². The minimum absolute atomic E-state index is 0. The molecule has 5 nitrogen and oxygen atoms in total. The van der Waals surface area contributed by atoms with E-state index in [2.05, 4.69) is 4.72 Å². The van der Waals surface area contributed by atoms with Crippen molar-refractivity contribution in [2.75, 3.05) is 13.7 Å². The lowest BCUT2D eigenvalue weighted by atomic mass is 10.1. The predicted molar refractivity (Wildman–Crippen MR) is 85.6 cm³/mol. The fourth-order valence-electron chi connectivity index (χ4n) is 2.38. The first-order valence-corrected chi connectivity index (χ1v) is 8.24. The molecule has 1 unspecified atom stereocenters. The molecule has 120 valence electrons. The van der Waals surface area contributed by atoms with Gasteiger partial charge in [0.25, 0.3) is 0 Å². The zero-order chi connectivity index (χ0) is 14.9. The number of rotatable bonds is 6. The number of hydrogen-bond acceptors (Lipinski definition) is 4. The molecule has 1 aliphatic rings. The minimum Gasteiger partial charge on any atom is -0.495 e. The largest absolute Gasteiger partial charge is 0.495 e. The smallest absolute Gasteiger partial charge is 0.244 e. The number of nitrogens with one attached hydrogen (secondary N) is 1. The number of ether oxygens (including phenoxy) is 1. The third-order valence-corrected chi connectivity index (χ3v) is 5.22. The van der Waals surface area contributed by atoms with Crippen molar-refractivity contribution >= 4 is 22.4 Å². The Morgan fingerprint density at radius 3 is 2.52 bits per heavy atom. The van der Waals surface area contributed by atoms with Crippen molar-refractivity contribution in [1.29, 1.82) is 0 Å². The van der Waals surface area contributed by atoms with E-state index in [0.29, 0.717) is 17.2 Å². The van der Waals surface area contributed by atoms with E-state index in [1.54, 1.807) is 13.0 Å². The van der Waals surface area contributed by atoms with Crippen molar-refractivity contribution in [3.63, 3.8) is 0 Å². The maximum Gasteiger partial charge on any atom is 0.244 e. The third kappa shape index (κ3) is 4.32. The molecule has 1 atom stereocenters. The third-order valence-electron chi connectivity index (χ3n) is 3.61. The molecule has 0 radical (unpaired) electrons. The molecule has 2 rings (SSSR count). The van der Waals surface area contributed by atoms with E-state index in [1.165, 1.54) is 7.11 Å². The van der Waals surface area contributed by atoms with Crippen LogP contribution in [0.3, 0.4) is 0 Å². The van der Waals surface area contributed by atoms with Crippen LogP contribution >= 0.6 is 12.4 Å². The first kappa shape index (κ1) is 18.2. The molecule has 0 bridgehead atoms. The molecule has 0 amide bonds. The highest BCUT2D eigenvalue weighted by atomic mass is 35.5. The van der Waals surface area contributed by atoms with Gasteiger partial charge in [-0.15, -0.1) is 12.4 Å². The van der Waals surface area contributed by atoms with Gasteiger partial charge < -0.3 is 10.5 Å². The summed E-state index contributed by atoms with van der Waals surface area (Å²) in [5, 5.41) is 0. The Hall–Kier alpha value is -0.820. The number of halogens is 1. The van der Waals surface area contributed by atoms with Gasteiger partial charge in [0.1, 0.15) is 10.6 Å². The lowest BCUT2D eigenvalue weighted by Crippen LogP contribution is -2.38. The summed E-state index contributed by atoms with van der Waals surface area (Å²) in [5.41, 5.74) is 7.58. The number of methoxy groups -OCH3 is 1. The predicted octanol–water partition coefficient (Wildman–Crippen LogP) is 1.75. The number of aryl methyl sites for hydroxylation is 2. The molecule has 1 aromatic rings. The first-order valence-electron chi connectivity index (χ1n) is 6.75. The summed E-state index contributed by atoms with van der Waals surface area (Å²) in [7, 11) is -2.13. The SMILES string of the molecule is COc1cc(C)cc(C)c1S(=O)(=O)NCC(N)C1CC1.Cl. The molecule has 1 saturated carbocycles. The molecule has 1 aliphatic carbocycles. The molecule has 0 saturated heterocycles. The summed E-state index contributed by atoms with van der Waals surface area (Å²) < 4.78 is 32.7. The Bertz CT molecular complexity index is 600. The van der Waals surface area contributed by atoms with Crippen molar-refractivity contribution in [2.45, 2.75) is 37.6 Å². The second-order valence-electron chi connectivity index (χ2n) is 5.47. The lowest BCUT2D eigenvalue weighted by Gasteiger charge is -2.16. The second-order valence-corrected chi connectivity index (χ2v) is 7.17. The topological polar surface area (TPSA) is 81.4 Å². The molecule has 0 aliphatic heterocycles. The zero-order valence-corrected chi connectivity index (χ0v) is 14.2. The number of benzene rings is 1. The average molecular weight is 335 g/mol. The van der Waals surface area contributed by atoms with Crippen LogP contribution in [0.1, 0.15) is 24.0 Å². The first-order chi connectivity index (χ1) is 9.35. The standard InChI is InChI=1S/C14H22N2O3S.ClH/c1-9-6-10(2)14(13(7-9)19-3)20(17,18)16-8-12(15)11-4-5-11;/h6-7,11-12,16H,4-5,8,15H2,1-3H3;1H. The van der Waals surface area contributed by atoms with E-state index in [4.69, 9.17) is 10.5 Å². The van der Waals surface area contributed by atoms with E-state index in [0.717, 1.165) is 18.4 Å². The van der Waals surface area contributed by atoms with Gasteiger partial charge in [-0.1, -0.05) is 6.07 Å². The summed E-state index contributed by atoms with van der Waals surface area (Å²) in [6.07, 6.45) is 2.19. The van der Waals surface area contributed by atoms with Crippen LogP contribution < -0.4 is 15.2 Å². The molecule has 21 heavy (non-hydrogen) atoms. The fourth-order valence-corrected chi connectivity index (χ4v) is 3.83. The van der Waals surface area contributed by atoms with Gasteiger partial charge in [0.2, 0.25) is 10.0 Å². The number of sulfonamides is 1. The van der Waals surface area contributed by atoms with Crippen molar-refractivity contribution in [1.82, 2.24) is 4.72 Å². The van der Waals surface area contributed by atoms with Gasteiger partial charge in [0.05, 0.1) is 7.11 Å². The van der Waals surface area contributed by atoms with Crippen LogP contribution in [0.2, 0.25) is 0 Å². The maximum absolute atomic E-state index is 12.4. The highest BCUT2D eigenvalue weighted by Gasteiger charge is 2.30. The average Bonchev–Trinajstić information content (AvgIpc) is 3.18. The Kier molecular flexibility index (Phi) is 6.04. The summed E-state index contributed by atoms with van der Waals surface area (Å²) >= 11 is 0. The van der Waals surface area contributed by atoms with E-state index < -0.39 is 10.0 Å². The molecular weight excluding hydrogens is 312 g/mol. The van der Waals surface area contributed by atoms with Crippen LogP contribution in [0, 0.1) is 19.8 Å².